The number of hydrogen-bond acceptors (Lipinski definition) is 5. The molecule has 0 bridgehead atoms. The number of amides is 1. The zero-order valence-electron chi connectivity index (χ0n) is 19.4. The van der Waals surface area contributed by atoms with E-state index in [2.05, 4.69) is 15.3 Å². The summed E-state index contributed by atoms with van der Waals surface area (Å²) in [7, 11) is 0. The molecular formula is C24H27ClF2N4O4. The molecule has 1 amide bonds. The molecule has 1 fully saturated rings. The first-order valence-corrected chi connectivity index (χ1v) is 11.2. The first kappa shape index (κ1) is 26.3. The fraction of sp³-hybridized carbons (Fsp3) is 0.417. The van der Waals surface area contributed by atoms with Gasteiger partial charge < -0.3 is 15.2 Å². The standard InChI is InChI=1S/C24H26F2N4O4.ClH/c1-13-11-30-20(22(31)27-10-15-6-8-16(9-7-15)24(32)33)14(2)29-21(30)23(28-13)34-12-17-18(25)4-3-5-19(17)26;/h3-5,11,15-16H,6-10,12H2,1-2H3,(H,27,31)(H,32,33);1H. The molecule has 0 aliphatic heterocycles. The Morgan fingerprint density at radius 3 is 2.43 bits per heavy atom. The maximum atomic E-state index is 14.0. The molecule has 1 aliphatic rings. The Balaban J connectivity index is 0.00000342. The summed E-state index contributed by atoms with van der Waals surface area (Å²) in [5.41, 5.74) is 1.37. The van der Waals surface area contributed by atoms with E-state index in [1.54, 1.807) is 24.4 Å². The third kappa shape index (κ3) is 5.70. The summed E-state index contributed by atoms with van der Waals surface area (Å²) >= 11 is 0. The molecule has 11 heteroatoms. The summed E-state index contributed by atoms with van der Waals surface area (Å²) < 4.78 is 35.1. The highest BCUT2D eigenvalue weighted by Crippen LogP contribution is 2.29. The zero-order chi connectivity index (χ0) is 24.4. The third-order valence-electron chi connectivity index (χ3n) is 6.25. The first-order valence-electron chi connectivity index (χ1n) is 11.2. The minimum Gasteiger partial charge on any atom is -0.481 e. The van der Waals surface area contributed by atoms with Crippen LogP contribution in [0.15, 0.2) is 24.4 Å². The molecule has 0 atom stereocenters. The fourth-order valence-corrected chi connectivity index (χ4v) is 4.36. The number of aliphatic carboxylic acids is 1. The Kier molecular flexibility index (Phi) is 8.26. The summed E-state index contributed by atoms with van der Waals surface area (Å²) in [4.78, 5) is 32.9. The number of imidazole rings is 1. The van der Waals surface area contributed by atoms with Crippen LogP contribution in [0.4, 0.5) is 8.78 Å². The number of carbonyl (C=O) groups excluding carboxylic acids is 1. The monoisotopic (exact) mass is 508 g/mol. The maximum Gasteiger partial charge on any atom is 0.306 e. The summed E-state index contributed by atoms with van der Waals surface area (Å²) in [5.74, 6) is -2.54. The lowest BCUT2D eigenvalue weighted by atomic mass is 9.82. The normalized spacial score (nSPS) is 17.6. The molecule has 0 unspecified atom stereocenters. The number of nitrogens with zero attached hydrogens (tertiary/aromatic N) is 3. The van der Waals surface area contributed by atoms with Gasteiger partial charge in [0.05, 0.1) is 22.9 Å². The Hall–Kier alpha value is -3.27. The molecule has 2 heterocycles. The highest BCUT2D eigenvalue weighted by molar-refractivity contribution is 5.94. The second-order valence-electron chi connectivity index (χ2n) is 8.68. The van der Waals surface area contributed by atoms with Crippen LogP contribution in [0, 0.1) is 37.3 Å². The number of ether oxygens (including phenoxy) is 1. The second-order valence-corrected chi connectivity index (χ2v) is 8.68. The number of carboxylic acids is 1. The van der Waals surface area contributed by atoms with E-state index in [0.29, 0.717) is 36.5 Å². The van der Waals surface area contributed by atoms with Gasteiger partial charge in [0.25, 0.3) is 11.8 Å². The van der Waals surface area contributed by atoms with Gasteiger partial charge >= 0.3 is 5.97 Å². The number of fused-ring (bicyclic) bond motifs is 1. The number of aryl methyl sites for hydroxylation is 2. The molecule has 1 aromatic carbocycles. The molecule has 0 saturated heterocycles. The van der Waals surface area contributed by atoms with E-state index in [1.807, 2.05) is 0 Å². The number of carboxylic acid groups (broad SMARTS) is 1. The Labute approximate surface area is 207 Å². The van der Waals surface area contributed by atoms with Crippen molar-refractivity contribution < 1.29 is 28.2 Å². The second kappa shape index (κ2) is 11.0. The topological polar surface area (TPSA) is 106 Å². The van der Waals surface area contributed by atoms with Crippen LogP contribution >= 0.6 is 12.4 Å². The minimum absolute atomic E-state index is 0. The molecule has 3 aromatic rings. The summed E-state index contributed by atoms with van der Waals surface area (Å²) in [6, 6.07) is 3.58. The van der Waals surface area contributed by atoms with Gasteiger partial charge in [0.1, 0.15) is 23.9 Å². The van der Waals surface area contributed by atoms with Gasteiger partial charge in [-0.15, -0.1) is 12.4 Å². The van der Waals surface area contributed by atoms with Crippen molar-refractivity contribution in [3.63, 3.8) is 0 Å². The molecule has 2 N–H and O–H groups in total. The largest absolute Gasteiger partial charge is 0.481 e. The number of nitrogens with one attached hydrogen (secondary N) is 1. The predicted molar refractivity (Wildman–Crippen MR) is 126 cm³/mol. The molecule has 1 aliphatic carbocycles. The van der Waals surface area contributed by atoms with E-state index in [0.717, 1.165) is 25.0 Å². The van der Waals surface area contributed by atoms with E-state index in [-0.39, 0.29) is 53.8 Å². The van der Waals surface area contributed by atoms with Crippen LogP contribution in [-0.4, -0.2) is 37.9 Å². The lowest BCUT2D eigenvalue weighted by Crippen LogP contribution is -2.33. The van der Waals surface area contributed by atoms with Gasteiger partial charge in [-0.05, 0) is 57.6 Å². The van der Waals surface area contributed by atoms with Crippen LogP contribution in [0.1, 0.15) is 53.1 Å². The number of halogens is 3. The molecule has 1 saturated carbocycles. The molecule has 0 spiro atoms. The van der Waals surface area contributed by atoms with Crippen molar-refractivity contribution in [3.8, 4) is 5.88 Å². The summed E-state index contributed by atoms with van der Waals surface area (Å²) in [6.45, 7) is 3.47. The van der Waals surface area contributed by atoms with Crippen molar-refractivity contribution in [1.29, 1.82) is 0 Å². The van der Waals surface area contributed by atoms with Crippen LogP contribution in [0.2, 0.25) is 0 Å². The molecular weight excluding hydrogens is 482 g/mol. The summed E-state index contributed by atoms with van der Waals surface area (Å²) in [5, 5.41) is 12.1. The first-order chi connectivity index (χ1) is 16.2. The average molecular weight is 509 g/mol. The van der Waals surface area contributed by atoms with Gasteiger partial charge in [-0.1, -0.05) is 6.07 Å². The number of aromatic nitrogens is 3. The van der Waals surface area contributed by atoms with Crippen LogP contribution in [0.25, 0.3) is 5.65 Å². The molecule has 35 heavy (non-hydrogen) atoms. The summed E-state index contributed by atoms with van der Waals surface area (Å²) in [6.07, 6.45) is 4.37. The number of hydrogen-bond donors (Lipinski definition) is 2. The Morgan fingerprint density at radius 2 is 1.80 bits per heavy atom. The van der Waals surface area contributed by atoms with Gasteiger partial charge in [-0.2, -0.15) is 0 Å². The van der Waals surface area contributed by atoms with Crippen molar-refractivity contribution in [1.82, 2.24) is 19.7 Å². The van der Waals surface area contributed by atoms with Crippen molar-refractivity contribution in [2.45, 2.75) is 46.1 Å². The molecule has 8 nitrogen and oxygen atoms in total. The van der Waals surface area contributed by atoms with Gasteiger partial charge in [-0.25, -0.2) is 18.7 Å². The van der Waals surface area contributed by atoms with Crippen LogP contribution in [-0.2, 0) is 11.4 Å². The Morgan fingerprint density at radius 1 is 1.14 bits per heavy atom. The molecule has 188 valence electrons. The van der Waals surface area contributed by atoms with E-state index >= 15 is 0 Å². The van der Waals surface area contributed by atoms with Crippen molar-refractivity contribution in [2.75, 3.05) is 6.54 Å². The van der Waals surface area contributed by atoms with E-state index in [1.165, 1.54) is 6.07 Å². The van der Waals surface area contributed by atoms with Crippen LogP contribution in [0.5, 0.6) is 5.88 Å². The van der Waals surface area contributed by atoms with Gasteiger partial charge in [0.2, 0.25) is 5.65 Å². The van der Waals surface area contributed by atoms with Crippen LogP contribution < -0.4 is 10.1 Å². The lowest BCUT2D eigenvalue weighted by molar-refractivity contribution is -0.143. The van der Waals surface area contributed by atoms with Crippen molar-refractivity contribution >= 4 is 29.9 Å². The van der Waals surface area contributed by atoms with Crippen molar-refractivity contribution in [2.24, 2.45) is 11.8 Å². The third-order valence-corrected chi connectivity index (χ3v) is 6.25. The Bertz CT molecular complexity index is 1220. The smallest absolute Gasteiger partial charge is 0.306 e. The van der Waals surface area contributed by atoms with Gasteiger partial charge in [0.15, 0.2) is 0 Å². The molecule has 2 aromatic heterocycles. The fourth-order valence-electron chi connectivity index (χ4n) is 4.36. The highest BCUT2D eigenvalue weighted by Gasteiger charge is 2.27. The quantitative estimate of drug-likeness (QED) is 0.494. The number of rotatable bonds is 7. The van der Waals surface area contributed by atoms with Crippen molar-refractivity contribution in [3.05, 3.63) is 58.7 Å². The predicted octanol–water partition coefficient (Wildman–Crippen LogP) is 4.25. The van der Waals surface area contributed by atoms with Gasteiger partial charge in [-0.3, -0.25) is 14.0 Å². The number of benzene rings is 1. The zero-order valence-corrected chi connectivity index (χ0v) is 20.2. The maximum absolute atomic E-state index is 14.0. The van der Waals surface area contributed by atoms with E-state index < -0.39 is 17.6 Å². The highest BCUT2D eigenvalue weighted by atomic mass is 35.5. The van der Waals surface area contributed by atoms with E-state index in [4.69, 9.17) is 9.84 Å². The molecule has 0 radical (unpaired) electrons. The van der Waals surface area contributed by atoms with E-state index in [9.17, 15) is 18.4 Å². The average Bonchev–Trinajstić information content (AvgIpc) is 3.13. The SMILES string of the molecule is Cc1cn2c(C(=O)NCC3CCC(C(=O)O)CC3)c(C)nc2c(OCc2c(F)cccc2F)n1.Cl. The van der Waals surface area contributed by atoms with Gasteiger partial charge in [0, 0.05) is 12.7 Å². The minimum atomic E-state index is -0.761. The van der Waals surface area contributed by atoms with Crippen LogP contribution in [0.3, 0.4) is 0 Å². The molecule has 4 rings (SSSR count). The number of carbonyl (C=O) groups is 2. The lowest BCUT2D eigenvalue weighted by Gasteiger charge is -2.26.